The van der Waals surface area contributed by atoms with Gasteiger partial charge in [-0.1, -0.05) is 12.1 Å². The molecule has 25 heavy (non-hydrogen) atoms. The molecule has 0 amide bonds. The number of halogens is 3. The lowest BCUT2D eigenvalue weighted by atomic mass is 10.1. The van der Waals surface area contributed by atoms with Gasteiger partial charge >= 0.3 is 12.1 Å². The lowest BCUT2D eigenvalue weighted by molar-refractivity contribution is -0.137. The number of esters is 1. The molecule has 0 aliphatic heterocycles. The Hall–Kier alpha value is -3.10. The summed E-state index contributed by atoms with van der Waals surface area (Å²) in [5.74, 6) is -0.692. The zero-order valence-corrected chi connectivity index (χ0v) is 13.0. The van der Waals surface area contributed by atoms with Crippen molar-refractivity contribution in [3.63, 3.8) is 0 Å². The Labute approximate surface area is 140 Å². The molecule has 2 heterocycles. The molecule has 0 radical (unpaired) electrons. The molecule has 0 saturated carbocycles. The van der Waals surface area contributed by atoms with Gasteiger partial charge in [0.2, 0.25) is 0 Å². The number of benzene rings is 1. The molecule has 0 fully saturated rings. The van der Waals surface area contributed by atoms with Crippen molar-refractivity contribution in [3.8, 4) is 11.3 Å². The van der Waals surface area contributed by atoms with Crippen LogP contribution in [0.1, 0.15) is 22.8 Å². The Morgan fingerprint density at radius 3 is 2.52 bits per heavy atom. The lowest BCUT2D eigenvalue weighted by Gasteiger charge is -2.07. The van der Waals surface area contributed by atoms with Gasteiger partial charge in [0.25, 0.3) is 0 Å². The number of hydrogen-bond donors (Lipinski definition) is 1. The molecular formula is C16H13F3N4O2. The number of anilines is 1. The average Bonchev–Trinajstić information content (AvgIpc) is 2.89. The van der Waals surface area contributed by atoms with Crippen LogP contribution in [0, 0.1) is 0 Å². The maximum absolute atomic E-state index is 12.7. The highest BCUT2D eigenvalue weighted by Gasteiger charge is 2.30. The van der Waals surface area contributed by atoms with Gasteiger partial charge in [-0.2, -0.15) is 13.2 Å². The number of carbonyl (C=O) groups is 1. The molecule has 2 aromatic heterocycles. The SMILES string of the molecule is CCOC(=O)c1c(N)nn2ccc(-c3ccc(C(F)(F)F)cc3)nc12. The van der Waals surface area contributed by atoms with Crippen LogP contribution in [0.3, 0.4) is 0 Å². The minimum absolute atomic E-state index is 0.0237. The summed E-state index contributed by atoms with van der Waals surface area (Å²) in [7, 11) is 0. The Balaban J connectivity index is 2.06. The van der Waals surface area contributed by atoms with Crippen molar-refractivity contribution >= 4 is 17.4 Å². The molecular weight excluding hydrogens is 337 g/mol. The van der Waals surface area contributed by atoms with Crippen molar-refractivity contribution in [2.24, 2.45) is 0 Å². The molecule has 0 aliphatic rings. The zero-order valence-electron chi connectivity index (χ0n) is 13.0. The summed E-state index contributed by atoms with van der Waals surface area (Å²) >= 11 is 0. The summed E-state index contributed by atoms with van der Waals surface area (Å²) in [4.78, 5) is 16.3. The summed E-state index contributed by atoms with van der Waals surface area (Å²) < 4.78 is 44.2. The number of rotatable bonds is 3. The molecule has 0 bridgehead atoms. The van der Waals surface area contributed by atoms with E-state index in [9.17, 15) is 18.0 Å². The van der Waals surface area contributed by atoms with Gasteiger partial charge in [0.15, 0.2) is 11.5 Å². The number of nitrogens with two attached hydrogens (primary N) is 1. The summed E-state index contributed by atoms with van der Waals surface area (Å²) in [5, 5.41) is 3.98. The van der Waals surface area contributed by atoms with E-state index in [1.54, 1.807) is 13.0 Å². The van der Waals surface area contributed by atoms with E-state index in [-0.39, 0.29) is 23.6 Å². The van der Waals surface area contributed by atoms with E-state index in [1.807, 2.05) is 0 Å². The van der Waals surface area contributed by atoms with E-state index in [4.69, 9.17) is 10.5 Å². The second-order valence-corrected chi connectivity index (χ2v) is 5.14. The highest BCUT2D eigenvalue weighted by atomic mass is 19.4. The van der Waals surface area contributed by atoms with E-state index in [2.05, 4.69) is 10.1 Å². The molecule has 1 aromatic carbocycles. The number of nitrogens with zero attached hydrogens (tertiary/aromatic N) is 3. The Kier molecular flexibility index (Phi) is 4.07. The predicted octanol–water partition coefficient (Wildman–Crippen LogP) is 3.17. The largest absolute Gasteiger partial charge is 0.462 e. The van der Waals surface area contributed by atoms with E-state index < -0.39 is 17.7 Å². The fourth-order valence-electron chi connectivity index (χ4n) is 2.34. The monoisotopic (exact) mass is 350 g/mol. The smallest absolute Gasteiger partial charge is 0.416 e. The molecule has 6 nitrogen and oxygen atoms in total. The second kappa shape index (κ2) is 6.08. The number of alkyl halides is 3. The fraction of sp³-hybridized carbons (Fsp3) is 0.188. The predicted molar refractivity (Wildman–Crippen MR) is 83.8 cm³/mol. The van der Waals surface area contributed by atoms with Gasteiger partial charge < -0.3 is 10.5 Å². The number of aromatic nitrogens is 3. The van der Waals surface area contributed by atoms with Gasteiger partial charge in [-0.25, -0.2) is 14.3 Å². The number of carbonyl (C=O) groups excluding carboxylic acids is 1. The van der Waals surface area contributed by atoms with Crippen LogP contribution in [0.4, 0.5) is 19.0 Å². The summed E-state index contributed by atoms with van der Waals surface area (Å²) in [6.07, 6.45) is -2.89. The van der Waals surface area contributed by atoms with Crippen LogP contribution in [0.2, 0.25) is 0 Å². The summed E-state index contributed by atoms with van der Waals surface area (Å²) in [6, 6.07) is 6.13. The summed E-state index contributed by atoms with van der Waals surface area (Å²) in [6.45, 7) is 1.81. The Morgan fingerprint density at radius 2 is 1.92 bits per heavy atom. The minimum Gasteiger partial charge on any atom is -0.462 e. The van der Waals surface area contributed by atoms with Crippen LogP contribution in [-0.4, -0.2) is 27.2 Å². The maximum atomic E-state index is 12.7. The van der Waals surface area contributed by atoms with Crippen molar-refractivity contribution in [3.05, 3.63) is 47.7 Å². The molecule has 130 valence electrons. The molecule has 2 N–H and O–H groups in total. The van der Waals surface area contributed by atoms with Crippen molar-refractivity contribution < 1.29 is 22.7 Å². The maximum Gasteiger partial charge on any atom is 0.416 e. The topological polar surface area (TPSA) is 82.5 Å². The van der Waals surface area contributed by atoms with Gasteiger partial charge in [-0.15, -0.1) is 5.10 Å². The summed E-state index contributed by atoms with van der Waals surface area (Å²) in [5.41, 5.74) is 6.03. The van der Waals surface area contributed by atoms with E-state index in [0.29, 0.717) is 11.3 Å². The molecule has 9 heteroatoms. The van der Waals surface area contributed by atoms with Gasteiger partial charge in [0.05, 0.1) is 17.9 Å². The van der Waals surface area contributed by atoms with Crippen molar-refractivity contribution in [2.75, 3.05) is 12.3 Å². The van der Waals surface area contributed by atoms with Crippen LogP contribution in [0.15, 0.2) is 36.5 Å². The number of ether oxygens (including phenoxy) is 1. The third-order valence-corrected chi connectivity index (χ3v) is 3.50. The zero-order chi connectivity index (χ0) is 18.2. The van der Waals surface area contributed by atoms with E-state index in [0.717, 1.165) is 12.1 Å². The third-order valence-electron chi connectivity index (χ3n) is 3.50. The van der Waals surface area contributed by atoms with Gasteiger partial charge in [-0.05, 0) is 25.1 Å². The molecule has 0 aliphatic carbocycles. The average molecular weight is 350 g/mol. The Bertz CT molecular complexity index is 933. The van der Waals surface area contributed by atoms with Crippen molar-refractivity contribution in [1.82, 2.24) is 14.6 Å². The third kappa shape index (κ3) is 3.12. The van der Waals surface area contributed by atoms with Crippen LogP contribution < -0.4 is 5.73 Å². The van der Waals surface area contributed by atoms with Gasteiger partial charge in [-0.3, -0.25) is 0 Å². The van der Waals surface area contributed by atoms with Crippen molar-refractivity contribution in [1.29, 1.82) is 0 Å². The van der Waals surface area contributed by atoms with Gasteiger partial charge in [0.1, 0.15) is 5.56 Å². The van der Waals surface area contributed by atoms with Crippen LogP contribution in [0.5, 0.6) is 0 Å². The minimum atomic E-state index is -4.41. The number of hydrogen-bond acceptors (Lipinski definition) is 5. The highest BCUT2D eigenvalue weighted by molar-refractivity contribution is 6.00. The molecule has 0 saturated heterocycles. The first-order chi connectivity index (χ1) is 11.8. The standard InChI is InChI=1S/C16H13F3N4O2/c1-2-25-15(24)12-13(20)22-23-8-7-11(21-14(12)23)9-3-5-10(6-4-9)16(17,18)19/h3-8H,2H2,1H3,(H2,20,22). The molecule has 0 spiro atoms. The first kappa shape index (κ1) is 16.7. The molecule has 0 unspecified atom stereocenters. The van der Waals surface area contributed by atoms with Crippen LogP contribution in [-0.2, 0) is 10.9 Å². The molecule has 3 aromatic rings. The van der Waals surface area contributed by atoms with Crippen LogP contribution >= 0.6 is 0 Å². The number of fused-ring (bicyclic) bond motifs is 1. The van der Waals surface area contributed by atoms with Crippen molar-refractivity contribution in [2.45, 2.75) is 13.1 Å². The second-order valence-electron chi connectivity index (χ2n) is 5.14. The van der Waals surface area contributed by atoms with Crippen LogP contribution in [0.25, 0.3) is 16.9 Å². The van der Waals surface area contributed by atoms with E-state index in [1.165, 1.54) is 22.8 Å². The number of nitrogen functional groups attached to an aromatic ring is 1. The lowest BCUT2D eigenvalue weighted by Crippen LogP contribution is -2.07. The van der Waals surface area contributed by atoms with Gasteiger partial charge in [0, 0.05) is 11.8 Å². The molecule has 0 atom stereocenters. The normalized spacial score (nSPS) is 11.7. The van der Waals surface area contributed by atoms with E-state index >= 15 is 0 Å². The fourth-order valence-corrected chi connectivity index (χ4v) is 2.34. The quantitative estimate of drug-likeness (QED) is 0.734. The first-order valence-electron chi connectivity index (χ1n) is 7.31. The molecule has 3 rings (SSSR count). The highest BCUT2D eigenvalue weighted by Crippen LogP contribution is 2.31. The first-order valence-corrected chi connectivity index (χ1v) is 7.31. The Morgan fingerprint density at radius 1 is 1.24 bits per heavy atom.